The molecule has 2 amide bonds. The number of nitrogens with zero attached hydrogens (tertiary/aromatic N) is 1. The van der Waals surface area contributed by atoms with Crippen LogP contribution in [0.25, 0.3) is 0 Å². The minimum absolute atomic E-state index is 0.335. The maximum absolute atomic E-state index is 12.1. The molecule has 1 heterocycles. The van der Waals surface area contributed by atoms with E-state index in [1.807, 2.05) is 24.3 Å². The smallest absolute Gasteiger partial charge is 0.326 e. The molecule has 0 spiro atoms. The number of nitrogens with one attached hydrogen (secondary N) is 1. The van der Waals surface area contributed by atoms with Crippen LogP contribution in [0.1, 0.15) is 31.7 Å². The Morgan fingerprint density at radius 2 is 2.05 bits per heavy atom. The monoisotopic (exact) mass is 276 g/mol. The predicted molar refractivity (Wildman–Crippen MR) is 76.8 cm³/mol. The number of urea groups is 1. The van der Waals surface area contributed by atoms with Gasteiger partial charge in [-0.05, 0) is 37.0 Å². The van der Waals surface area contributed by atoms with Crippen molar-refractivity contribution in [2.24, 2.45) is 0 Å². The average molecular weight is 276 g/mol. The molecule has 1 aliphatic heterocycles. The van der Waals surface area contributed by atoms with Gasteiger partial charge in [-0.15, -0.1) is 0 Å². The van der Waals surface area contributed by atoms with Crippen LogP contribution in [0, 0.1) is 0 Å². The highest BCUT2D eigenvalue weighted by atomic mass is 16.4. The Bertz CT molecular complexity index is 484. The molecule has 1 aromatic carbocycles. The molecule has 1 atom stereocenters. The lowest BCUT2D eigenvalue weighted by Gasteiger charge is -2.21. The zero-order valence-electron chi connectivity index (χ0n) is 11.6. The molecule has 5 heteroatoms. The van der Waals surface area contributed by atoms with E-state index < -0.39 is 12.0 Å². The van der Waals surface area contributed by atoms with Crippen molar-refractivity contribution in [2.75, 3.05) is 11.9 Å². The molecule has 1 aromatic rings. The molecule has 20 heavy (non-hydrogen) atoms. The number of anilines is 1. The van der Waals surface area contributed by atoms with Gasteiger partial charge in [0.1, 0.15) is 6.04 Å². The second-order valence-electron chi connectivity index (χ2n) is 5.07. The van der Waals surface area contributed by atoms with Gasteiger partial charge in [0, 0.05) is 12.2 Å². The van der Waals surface area contributed by atoms with Crippen molar-refractivity contribution in [3.05, 3.63) is 29.8 Å². The summed E-state index contributed by atoms with van der Waals surface area (Å²) in [6.45, 7) is 2.62. The van der Waals surface area contributed by atoms with Gasteiger partial charge in [-0.25, -0.2) is 9.59 Å². The second-order valence-corrected chi connectivity index (χ2v) is 5.07. The maximum Gasteiger partial charge on any atom is 0.326 e. The highest BCUT2D eigenvalue weighted by Gasteiger charge is 2.33. The third-order valence-corrected chi connectivity index (χ3v) is 3.54. The third kappa shape index (κ3) is 3.29. The molecule has 108 valence electrons. The molecule has 1 fully saturated rings. The Morgan fingerprint density at radius 3 is 2.65 bits per heavy atom. The molecule has 0 saturated carbocycles. The Balaban J connectivity index is 1.98. The van der Waals surface area contributed by atoms with Crippen molar-refractivity contribution in [2.45, 2.75) is 38.6 Å². The SMILES string of the molecule is CCCc1ccc(NC(=O)N2CCC[C@@H]2C(=O)O)cc1. The van der Waals surface area contributed by atoms with Crippen LogP contribution < -0.4 is 5.32 Å². The molecular weight excluding hydrogens is 256 g/mol. The first-order chi connectivity index (χ1) is 9.61. The Hall–Kier alpha value is -2.04. The first-order valence-electron chi connectivity index (χ1n) is 7.01. The van der Waals surface area contributed by atoms with Gasteiger partial charge >= 0.3 is 12.0 Å². The molecule has 0 aliphatic carbocycles. The van der Waals surface area contributed by atoms with Crippen LogP contribution in [0.4, 0.5) is 10.5 Å². The fourth-order valence-electron chi connectivity index (χ4n) is 2.51. The number of aliphatic carboxylic acids is 1. The van der Waals surface area contributed by atoms with Crippen LogP contribution in [-0.4, -0.2) is 34.6 Å². The van der Waals surface area contributed by atoms with Crippen molar-refractivity contribution in [3.8, 4) is 0 Å². The van der Waals surface area contributed by atoms with Crippen LogP contribution >= 0.6 is 0 Å². The van der Waals surface area contributed by atoms with E-state index in [9.17, 15) is 9.59 Å². The largest absolute Gasteiger partial charge is 0.480 e. The molecule has 5 nitrogen and oxygen atoms in total. The summed E-state index contributed by atoms with van der Waals surface area (Å²) in [4.78, 5) is 24.5. The minimum atomic E-state index is -0.934. The summed E-state index contributed by atoms with van der Waals surface area (Å²) in [6, 6.07) is 6.64. The second kappa shape index (κ2) is 6.41. The highest BCUT2D eigenvalue weighted by Crippen LogP contribution is 2.19. The van der Waals surface area contributed by atoms with Gasteiger partial charge in [0.25, 0.3) is 0 Å². The number of carboxylic acid groups (broad SMARTS) is 1. The van der Waals surface area contributed by atoms with Crippen molar-refractivity contribution >= 4 is 17.7 Å². The van der Waals surface area contributed by atoms with Gasteiger partial charge in [-0.3, -0.25) is 0 Å². The summed E-state index contributed by atoms with van der Waals surface area (Å²) in [5, 5.41) is 11.8. The number of hydrogen-bond donors (Lipinski definition) is 2. The first kappa shape index (κ1) is 14.4. The molecule has 0 aromatic heterocycles. The number of carboxylic acids is 1. The van der Waals surface area contributed by atoms with Crippen LogP contribution in [0.5, 0.6) is 0 Å². The molecule has 2 N–H and O–H groups in total. The van der Waals surface area contributed by atoms with Crippen LogP contribution in [0.2, 0.25) is 0 Å². The van der Waals surface area contributed by atoms with Crippen molar-refractivity contribution in [1.82, 2.24) is 4.90 Å². The summed E-state index contributed by atoms with van der Waals surface area (Å²) in [5.41, 5.74) is 1.93. The molecule has 2 rings (SSSR count). The summed E-state index contributed by atoms with van der Waals surface area (Å²) in [6.07, 6.45) is 3.36. The zero-order chi connectivity index (χ0) is 14.5. The molecule has 0 radical (unpaired) electrons. The fourth-order valence-corrected chi connectivity index (χ4v) is 2.51. The topological polar surface area (TPSA) is 69.6 Å². The first-order valence-corrected chi connectivity index (χ1v) is 7.01. The Kier molecular flexibility index (Phi) is 4.61. The average Bonchev–Trinajstić information content (AvgIpc) is 2.91. The lowest BCUT2D eigenvalue weighted by molar-refractivity contribution is -0.141. The molecule has 0 unspecified atom stereocenters. The van der Waals surface area contributed by atoms with Crippen molar-refractivity contribution in [3.63, 3.8) is 0 Å². The molecule has 0 bridgehead atoms. The lowest BCUT2D eigenvalue weighted by atomic mass is 10.1. The van der Waals surface area contributed by atoms with E-state index in [-0.39, 0.29) is 6.03 Å². The standard InChI is InChI=1S/C15H20N2O3/c1-2-4-11-6-8-12(9-7-11)16-15(20)17-10-3-5-13(17)14(18)19/h6-9,13H,2-5,10H2,1H3,(H,16,20)(H,18,19)/t13-/m1/s1. The lowest BCUT2D eigenvalue weighted by Crippen LogP contribution is -2.42. The zero-order valence-corrected chi connectivity index (χ0v) is 11.6. The Morgan fingerprint density at radius 1 is 1.35 bits per heavy atom. The Labute approximate surface area is 118 Å². The van der Waals surface area contributed by atoms with Gasteiger partial charge in [-0.1, -0.05) is 25.5 Å². The number of hydrogen-bond acceptors (Lipinski definition) is 2. The van der Waals surface area contributed by atoms with Gasteiger partial charge in [0.2, 0.25) is 0 Å². The summed E-state index contributed by atoms with van der Waals surface area (Å²) < 4.78 is 0. The van der Waals surface area contributed by atoms with Gasteiger partial charge in [0.15, 0.2) is 0 Å². The van der Waals surface area contributed by atoms with E-state index in [4.69, 9.17) is 5.11 Å². The number of aryl methyl sites for hydroxylation is 1. The number of rotatable bonds is 4. The predicted octanol–water partition coefficient (Wildman–Crippen LogP) is 2.72. The highest BCUT2D eigenvalue weighted by molar-refractivity contribution is 5.92. The van der Waals surface area contributed by atoms with E-state index in [2.05, 4.69) is 12.2 Å². The summed E-state index contributed by atoms with van der Waals surface area (Å²) in [5.74, 6) is -0.934. The summed E-state index contributed by atoms with van der Waals surface area (Å²) in [7, 11) is 0. The minimum Gasteiger partial charge on any atom is -0.480 e. The van der Waals surface area contributed by atoms with Crippen LogP contribution in [0.3, 0.4) is 0 Å². The van der Waals surface area contributed by atoms with E-state index in [1.54, 1.807) is 0 Å². The quantitative estimate of drug-likeness (QED) is 0.888. The molecular formula is C15H20N2O3. The number of likely N-dealkylation sites (tertiary alicyclic amines) is 1. The normalized spacial score (nSPS) is 18.1. The molecule has 1 aliphatic rings. The van der Waals surface area contributed by atoms with Crippen LogP contribution in [-0.2, 0) is 11.2 Å². The van der Waals surface area contributed by atoms with E-state index in [1.165, 1.54) is 10.5 Å². The van der Waals surface area contributed by atoms with E-state index in [0.29, 0.717) is 18.7 Å². The number of benzene rings is 1. The molecule has 1 saturated heterocycles. The van der Waals surface area contributed by atoms with Gasteiger partial charge in [-0.2, -0.15) is 0 Å². The van der Waals surface area contributed by atoms with Crippen LogP contribution in [0.15, 0.2) is 24.3 Å². The summed E-state index contributed by atoms with van der Waals surface area (Å²) >= 11 is 0. The number of carbonyl (C=O) groups excluding carboxylic acids is 1. The van der Waals surface area contributed by atoms with E-state index in [0.717, 1.165) is 19.3 Å². The third-order valence-electron chi connectivity index (χ3n) is 3.54. The maximum atomic E-state index is 12.1. The van der Waals surface area contributed by atoms with Gasteiger partial charge < -0.3 is 15.3 Å². The van der Waals surface area contributed by atoms with Gasteiger partial charge in [0.05, 0.1) is 0 Å². The number of amides is 2. The van der Waals surface area contributed by atoms with E-state index >= 15 is 0 Å². The van der Waals surface area contributed by atoms with Crippen molar-refractivity contribution in [1.29, 1.82) is 0 Å². The van der Waals surface area contributed by atoms with Crippen molar-refractivity contribution < 1.29 is 14.7 Å². The fraction of sp³-hybridized carbons (Fsp3) is 0.467. The number of carbonyl (C=O) groups is 2.